The quantitative estimate of drug-likeness (QED) is 0.578. The number of hydrogen-bond donors (Lipinski definition) is 0. The summed E-state index contributed by atoms with van der Waals surface area (Å²) >= 11 is 0. The highest BCUT2D eigenvalue weighted by atomic mass is 19.4. The molecule has 1 rings (SSSR count). The third kappa shape index (κ3) is 3.49. The predicted octanol–water partition coefficient (Wildman–Crippen LogP) is 4.32. The van der Waals surface area contributed by atoms with Crippen LogP contribution in [-0.2, 0) is 6.18 Å². The van der Waals surface area contributed by atoms with Crippen LogP contribution >= 0.6 is 0 Å². The van der Waals surface area contributed by atoms with E-state index in [-0.39, 0.29) is 5.56 Å². The lowest BCUT2D eigenvalue weighted by atomic mass is 10.1. The lowest BCUT2D eigenvalue weighted by molar-refractivity contribution is -0.140. The second kappa shape index (κ2) is 5.09. The lowest BCUT2D eigenvalue weighted by Gasteiger charge is -2.08. The summed E-state index contributed by atoms with van der Waals surface area (Å²) < 4.78 is 61.1. The van der Waals surface area contributed by atoms with Crippen LogP contribution < -0.4 is 0 Å². The van der Waals surface area contributed by atoms with E-state index < -0.39 is 23.4 Å². The van der Waals surface area contributed by atoms with Gasteiger partial charge in [-0.15, -0.1) is 0 Å². The summed E-state index contributed by atoms with van der Waals surface area (Å²) in [5, 5.41) is 0. The van der Waals surface area contributed by atoms with E-state index in [1.54, 1.807) is 0 Å². The van der Waals surface area contributed by atoms with E-state index in [0.29, 0.717) is 12.1 Å². The molecular weight excluding hydrogens is 215 g/mol. The molecule has 0 radical (unpaired) electrons. The van der Waals surface area contributed by atoms with Gasteiger partial charge < -0.3 is 0 Å². The van der Waals surface area contributed by atoms with Crippen molar-refractivity contribution in [3.05, 3.63) is 34.9 Å². The van der Waals surface area contributed by atoms with Gasteiger partial charge in [0, 0.05) is 0 Å². The predicted molar refractivity (Wildman–Crippen MR) is 47.4 cm³/mol. The van der Waals surface area contributed by atoms with E-state index in [9.17, 15) is 22.0 Å². The van der Waals surface area contributed by atoms with Crippen molar-refractivity contribution in [1.29, 1.82) is 0 Å². The summed E-state index contributed by atoms with van der Waals surface area (Å²) in [4.78, 5) is 0. The Kier molecular flexibility index (Phi) is 4.71. The summed E-state index contributed by atoms with van der Waals surface area (Å²) in [6.45, 7) is 5.26. The molecule has 0 unspecified atom stereocenters. The van der Waals surface area contributed by atoms with Gasteiger partial charge in [0.15, 0.2) is 11.6 Å². The summed E-state index contributed by atoms with van der Waals surface area (Å²) in [6, 6.07) is 1.28. The fraction of sp³-hybridized carbons (Fsp3) is 0.400. The van der Waals surface area contributed by atoms with E-state index in [0.717, 1.165) is 0 Å². The van der Waals surface area contributed by atoms with Crippen molar-refractivity contribution in [3.8, 4) is 0 Å². The van der Waals surface area contributed by atoms with Crippen LogP contribution in [0.5, 0.6) is 0 Å². The molecule has 0 N–H and O–H groups in total. The number of rotatable bonds is 0. The maximum absolute atomic E-state index is 12.6. The van der Waals surface area contributed by atoms with Crippen LogP contribution in [0.4, 0.5) is 22.0 Å². The Bertz CT molecular complexity index is 327. The highest BCUT2D eigenvalue weighted by molar-refractivity contribution is 5.27. The van der Waals surface area contributed by atoms with E-state index in [4.69, 9.17) is 0 Å². The Morgan fingerprint density at radius 3 is 1.87 bits per heavy atom. The van der Waals surface area contributed by atoms with Gasteiger partial charge in [0.2, 0.25) is 0 Å². The molecule has 0 aromatic heterocycles. The second-order valence-electron chi connectivity index (χ2n) is 2.61. The molecule has 0 saturated carbocycles. The van der Waals surface area contributed by atoms with Gasteiger partial charge in [0.05, 0.1) is 5.56 Å². The normalized spacial score (nSPS) is 10.7. The van der Waals surface area contributed by atoms with Gasteiger partial charge in [0.1, 0.15) is 0 Å². The molecule has 5 heteroatoms. The van der Waals surface area contributed by atoms with Crippen LogP contribution in [0.25, 0.3) is 0 Å². The summed E-state index contributed by atoms with van der Waals surface area (Å²) in [5.41, 5.74) is -1.53. The molecule has 0 saturated heterocycles. The third-order valence-electron chi connectivity index (χ3n) is 1.48. The van der Waals surface area contributed by atoms with Crippen LogP contribution in [-0.4, -0.2) is 0 Å². The monoisotopic (exact) mass is 226 g/mol. The Morgan fingerprint density at radius 1 is 1.00 bits per heavy atom. The average molecular weight is 226 g/mol. The Balaban J connectivity index is 0.000000921. The standard InChI is InChI=1S/C8H5F5.C2H6/c1-4-2-5(8(11,12)13)7(10)6(9)3-4;1-2/h2-3H,1H3;1-2H3. The van der Waals surface area contributed by atoms with Crippen LogP contribution in [0.3, 0.4) is 0 Å². The van der Waals surface area contributed by atoms with Gasteiger partial charge in [-0.2, -0.15) is 13.2 Å². The second-order valence-corrected chi connectivity index (χ2v) is 2.61. The number of halogens is 5. The van der Waals surface area contributed by atoms with Gasteiger partial charge in [-0.25, -0.2) is 8.78 Å². The smallest absolute Gasteiger partial charge is 0.204 e. The molecule has 86 valence electrons. The topological polar surface area (TPSA) is 0 Å². The number of alkyl halides is 3. The Morgan fingerprint density at radius 2 is 1.47 bits per heavy atom. The number of benzene rings is 1. The molecule has 0 heterocycles. The van der Waals surface area contributed by atoms with Gasteiger partial charge in [-0.05, 0) is 24.6 Å². The first kappa shape index (κ1) is 13.9. The minimum atomic E-state index is -4.85. The van der Waals surface area contributed by atoms with Crippen LogP contribution in [0.2, 0.25) is 0 Å². The summed E-state index contributed by atoms with van der Waals surface area (Å²) in [5.74, 6) is -3.33. The minimum absolute atomic E-state index is 0.0335. The van der Waals surface area contributed by atoms with Crippen molar-refractivity contribution in [1.82, 2.24) is 0 Å². The largest absolute Gasteiger partial charge is 0.419 e. The molecule has 0 amide bonds. The van der Waals surface area contributed by atoms with Gasteiger partial charge in [-0.1, -0.05) is 13.8 Å². The first-order valence-electron chi connectivity index (χ1n) is 4.35. The van der Waals surface area contributed by atoms with Gasteiger partial charge in [-0.3, -0.25) is 0 Å². The Hall–Kier alpha value is -1.13. The first-order valence-corrected chi connectivity index (χ1v) is 4.35. The van der Waals surface area contributed by atoms with Crippen molar-refractivity contribution in [2.45, 2.75) is 26.9 Å². The van der Waals surface area contributed by atoms with E-state index in [2.05, 4.69) is 0 Å². The van der Waals surface area contributed by atoms with Crippen LogP contribution in [0.15, 0.2) is 12.1 Å². The molecule has 0 atom stereocenters. The highest BCUT2D eigenvalue weighted by Gasteiger charge is 2.35. The maximum atomic E-state index is 12.6. The van der Waals surface area contributed by atoms with E-state index >= 15 is 0 Å². The number of hydrogen-bond acceptors (Lipinski definition) is 0. The molecule has 1 aromatic carbocycles. The molecule has 1 aromatic rings. The van der Waals surface area contributed by atoms with Crippen molar-refractivity contribution < 1.29 is 22.0 Å². The molecular formula is C10H11F5. The number of aryl methyl sites for hydroxylation is 1. The first-order chi connectivity index (χ1) is 6.82. The zero-order chi connectivity index (χ0) is 12.2. The molecule has 0 aliphatic rings. The fourth-order valence-electron chi connectivity index (χ4n) is 0.931. The van der Waals surface area contributed by atoms with Gasteiger partial charge >= 0.3 is 6.18 Å². The van der Waals surface area contributed by atoms with Crippen molar-refractivity contribution in [2.24, 2.45) is 0 Å². The maximum Gasteiger partial charge on any atom is 0.419 e. The molecule has 0 aliphatic carbocycles. The van der Waals surface area contributed by atoms with Crippen LogP contribution in [0.1, 0.15) is 25.0 Å². The Labute approximate surface area is 84.7 Å². The summed E-state index contributed by atoms with van der Waals surface area (Å²) in [6.07, 6.45) is -4.85. The average Bonchev–Trinajstić information content (AvgIpc) is 2.13. The molecule has 15 heavy (non-hydrogen) atoms. The SMILES string of the molecule is CC.Cc1cc(F)c(F)c(C(F)(F)F)c1. The van der Waals surface area contributed by atoms with E-state index in [1.165, 1.54) is 6.92 Å². The van der Waals surface area contributed by atoms with Crippen molar-refractivity contribution in [2.75, 3.05) is 0 Å². The third-order valence-corrected chi connectivity index (χ3v) is 1.48. The van der Waals surface area contributed by atoms with Gasteiger partial charge in [0.25, 0.3) is 0 Å². The fourth-order valence-corrected chi connectivity index (χ4v) is 0.931. The van der Waals surface area contributed by atoms with E-state index in [1.807, 2.05) is 13.8 Å². The molecule has 0 fully saturated rings. The zero-order valence-corrected chi connectivity index (χ0v) is 8.54. The zero-order valence-electron chi connectivity index (χ0n) is 8.54. The summed E-state index contributed by atoms with van der Waals surface area (Å²) in [7, 11) is 0. The highest BCUT2D eigenvalue weighted by Crippen LogP contribution is 2.32. The molecule has 0 nitrogen and oxygen atoms in total. The lowest BCUT2D eigenvalue weighted by Crippen LogP contribution is -2.09. The van der Waals surface area contributed by atoms with Crippen molar-refractivity contribution in [3.63, 3.8) is 0 Å². The van der Waals surface area contributed by atoms with Crippen LogP contribution in [0, 0.1) is 18.6 Å². The van der Waals surface area contributed by atoms with Crippen molar-refractivity contribution >= 4 is 0 Å². The minimum Gasteiger partial charge on any atom is -0.204 e. The molecule has 0 aliphatic heterocycles. The molecule has 0 bridgehead atoms. The molecule has 0 spiro atoms.